The summed E-state index contributed by atoms with van der Waals surface area (Å²) in [6, 6.07) is 8.60. The van der Waals surface area contributed by atoms with Crippen molar-refractivity contribution in [3.63, 3.8) is 0 Å². The van der Waals surface area contributed by atoms with Gasteiger partial charge in [0.25, 0.3) is 0 Å². The first-order chi connectivity index (χ1) is 11.2. The molecule has 0 aliphatic rings. The first-order valence-corrected chi connectivity index (χ1v) is 8.92. The second-order valence-corrected chi connectivity index (χ2v) is 6.63. The van der Waals surface area contributed by atoms with Gasteiger partial charge in [-0.05, 0) is 32.0 Å². The molecule has 3 rings (SSSR count). The zero-order valence-electron chi connectivity index (χ0n) is 13.9. The number of methoxy groups -OCH3 is 1. The molecule has 0 radical (unpaired) electrons. The molecule has 3 aromatic rings. The highest BCUT2D eigenvalue weighted by atomic mass is 32.1. The summed E-state index contributed by atoms with van der Waals surface area (Å²) in [7, 11) is 1.70. The van der Waals surface area contributed by atoms with Crippen LogP contribution in [0.25, 0.3) is 16.2 Å². The van der Waals surface area contributed by atoms with Gasteiger partial charge < -0.3 is 10.1 Å². The number of imidazole rings is 1. The maximum atomic E-state index is 5.33. The molecule has 1 atom stereocenters. The van der Waals surface area contributed by atoms with Crippen molar-refractivity contribution < 1.29 is 4.74 Å². The molecule has 23 heavy (non-hydrogen) atoms. The van der Waals surface area contributed by atoms with Gasteiger partial charge in [-0.2, -0.15) is 0 Å². The average molecular weight is 329 g/mol. The topological polar surface area (TPSA) is 38.6 Å². The fourth-order valence-corrected chi connectivity index (χ4v) is 3.60. The molecule has 1 N–H and O–H groups in total. The van der Waals surface area contributed by atoms with Crippen molar-refractivity contribution in [2.45, 2.75) is 32.7 Å². The summed E-state index contributed by atoms with van der Waals surface area (Å²) in [5.41, 5.74) is 3.45. The molecule has 2 aromatic heterocycles. The van der Waals surface area contributed by atoms with E-state index in [1.165, 1.54) is 0 Å². The van der Waals surface area contributed by atoms with Gasteiger partial charge in [-0.15, -0.1) is 11.3 Å². The molecule has 1 unspecified atom stereocenters. The number of hydrogen-bond acceptors (Lipinski definition) is 4. The van der Waals surface area contributed by atoms with Gasteiger partial charge in [0.05, 0.1) is 18.5 Å². The van der Waals surface area contributed by atoms with E-state index in [1.807, 2.05) is 12.1 Å². The minimum atomic E-state index is 0.444. The highest BCUT2D eigenvalue weighted by Gasteiger charge is 2.12. The molecule has 0 aliphatic carbocycles. The molecule has 2 heterocycles. The molecule has 0 spiro atoms. The van der Waals surface area contributed by atoms with Gasteiger partial charge in [-0.1, -0.05) is 19.1 Å². The Kier molecular flexibility index (Phi) is 4.98. The largest absolute Gasteiger partial charge is 0.497 e. The number of rotatable bonds is 7. The van der Waals surface area contributed by atoms with Crippen molar-refractivity contribution >= 4 is 16.3 Å². The number of thiazole rings is 1. The molecule has 0 saturated heterocycles. The van der Waals surface area contributed by atoms with Gasteiger partial charge in [-0.25, -0.2) is 4.98 Å². The van der Waals surface area contributed by atoms with Crippen LogP contribution >= 0.6 is 11.3 Å². The predicted molar refractivity (Wildman–Crippen MR) is 96.5 cm³/mol. The smallest absolute Gasteiger partial charge is 0.194 e. The number of hydrogen-bond donors (Lipinski definition) is 1. The summed E-state index contributed by atoms with van der Waals surface area (Å²) < 4.78 is 7.51. The molecule has 0 fully saturated rings. The van der Waals surface area contributed by atoms with Crippen LogP contribution in [-0.2, 0) is 6.42 Å². The van der Waals surface area contributed by atoms with Crippen LogP contribution < -0.4 is 10.1 Å². The Morgan fingerprint density at radius 3 is 3.04 bits per heavy atom. The number of nitrogens with one attached hydrogen (secondary N) is 1. The van der Waals surface area contributed by atoms with E-state index >= 15 is 0 Å². The third-order valence-electron chi connectivity index (χ3n) is 3.88. The zero-order valence-corrected chi connectivity index (χ0v) is 14.7. The van der Waals surface area contributed by atoms with Crippen LogP contribution in [0.3, 0.4) is 0 Å². The lowest BCUT2D eigenvalue weighted by molar-refractivity contribution is 0.415. The van der Waals surface area contributed by atoms with E-state index in [0.717, 1.165) is 47.0 Å². The number of nitrogens with zero attached hydrogens (tertiary/aromatic N) is 2. The Balaban J connectivity index is 1.85. The SMILES string of the molecule is CCCNC(C)Cc1cn2c(-c3cccc(OC)c3)csc2n1. The number of ether oxygens (including phenoxy) is 1. The van der Waals surface area contributed by atoms with Gasteiger partial charge >= 0.3 is 0 Å². The van der Waals surface area contributed by atoms with Crippen LogP contribution in [0.15, 0.2) is 35.8 Å². The summed E-state index contributed by atoms with van der Waals surface area (Å²) in [6.07, 6.45) is 4.26. The molecule has 0 bridgehead atoms. The lowest BCUT2D eigenvalue weighted by atomic mass is 10.1. The number of aromatic nitrogens is 2. The molecule has 0 aliphatic heterocycles. The molecular formula is C18H23N3OS. The predicted octanol–water partition coefficient (Wildman–Crippen LogP) is 4.00. The average Bonchev–Trinajstić information content (AvgIpc) is 3.12. The maximum Gasteiger partial charge on any atom is 0.194 e. The van der Waals surface area contributed by atoms with Crippen LogP contribution in [0.4, 0.5) is 0 Å². The Labute approximate surface area is 141 Å². The van der Waals surface area contributed by atoms with Crippen molar-refractivity contribution in [1.29, 1.82) is 0 Å². The van der Waals surface area contributed by atoms with Gasteiger partial charge in [-0.3, -0.25) is 4.40 Å². The second-order valence-electron chi connectivity index (χ2n) is 5.80. The van der Waals surface area contributed by atoms with Gasteiger partial charge in [0, 0.05) is 29.6 Å². The standard InChI is InChI=1S/C18H23N3OS/c1-4-8-19-13(2)9-15-11-21-17(12-23-18(21)20-15)14-6-5-7-16(10-14)22-3/h5-7,10-13,19H,4,8-9H2,1-3H3. The molecule has 0 saturated carbocycles. The number of benzene rings is 1. The molecule has 5 heteroatoms. The summed E-state index contributed by atoms with van der Waals surface area (Å²) in [4.78, 5) is 5.80. The van der Waals surface area contributed by atoms with Crippen LogP contribution in [0, 0.1) is 0 Å². The van der Waals surface area contributed by atoms with Crippen LogP contribution in [0.2, 0.25) is 0 Å². The van der Waals surface area contributed by atoms with E-state index in [0.29, 0.717) is 6.04 Å². The summed E-state index contributed by atoms with van der Waals surface area (Å²) in [5.74, 6) is 0.875. The first-order valence-electron chi connectivity index (χ1n) is 8.04. The summed E-state index contributed by atoms with van der Waals surface area (Å²) >= 11 is 1.68. The van der Waals surface area contributed by atoms with Gasteiger partial charge in [0.1, 0.15) is 5.75 Å². The monoisotopic (exact) mass is 329 g/mol. The van der Waals surface area contributed by atoms with Crippen LogP contribution in [-0.4, -0.2) is 29.1 Å². The third-order valence-corrected chi connectivity index (χ3v) is 4.72. The lowest BCUT2D eigenvalue weighted by Crippen LogP contribution is -2.28. The lowest BCUT2D eigenvalue weighted by Gasteiger charge is -2.10. The van der Waals surface area contributed by atoms with Crippen molar-refractivity contribution in [3.05, 3.63) is 41.5 Å². The van der Waals surface area contributed by atoms with Crippen molar-refractivity contribution in [2.75, 3.05) is 13.7 Å². The maximum absolute atomic E-state index is 5.33. The van der Waals surface area contributed by atoms with Gasteiger partial charge in [0.2, 0.25) is 0 Å². The minimum absolute atomic E-state index is 0.444. The Hall–Kier alpha value is -1.85. The summed E-state index contributed by atoms with van der Waals surface area (Å²) in [5, 5.41) is 5.67. The highest BCUT2D eigenvalue weighted by molar-refractivity contribution is 7.15. The molecule has 0 amide bonds. The Bertz CT molecular complexity index is 778. The van der Waals surface area contributed by atoms with Crippen LogP contribution in [0.5, 0.6) is 5.75 Å². The summed E-state index contributed by atoms with van der Waals surface area (Å²) in [6.45, 7) is 5.46. The quantitative estimate of drug-likeness (QED) is 0.712. The fraction of sp³-hybridized carbons (Fsp3) is 0.389. The van der Waals surface area contributed by atoms with E-state index < -0.39 is 0 Å². The van der Waals surface area contributed by atoms with Gasteiger partial charge in [0.15, 0.2) is 4.96 Å². The third kappa shape index (κ3) is 3.57. The molecule has 4 nitrogen and oxygen atoms in total. The molecule has 1 aromatic carbocycles. The number of fused-ring (bicyclic) bond motifs is 1. The van der Waals surface area contributed by atoms with Crippen molar-refractivity contribution in [1.82, 2.24) is 14.7 Å². The minimum Gasteiger partial charge on any atom is -0.497 e. The normalized spacial score (nSPS) is 12.7. The molecule has 122 valence electrons. The zero-order chi connectivity index (χ0) is 16.2. The van der Waals surface area contributed by atoms with E-state index in [2.05, 4.69) is 47.3 Å². The van der Waals surface area contributed by atoms with Crippen molar-refractivity contribution in [3.8, 4) is 17.0 Å². The fourth-order valence-electron chi connectivity index (χ4n) is 2.70. The Morgan fingerprint density at radius 2 is 2.26 bits per heavy atom. The van der Waals surface area contributed by atoms with Crippen LogP contribution in [0.1, 0.15) is 26.0 Å². The van der Waals surface area contributed by atoms with E-state index in [4.69, 9.17) is 9.72 Å². The molecular weight excluding hydrogens is 306 g/mol. The second kappa shape index (κ2) is 7.15. The Morgan fingerprint density at radius 1 is 1.39 bits per heavy atom. The van der Waals surface area contributed by atoms with E-state index in [1.54, 1.807) is 18.4 Å². The highest BCUT2D eigenvalue weighted by Crippen LogP contribution is 2.28. The van der Waals surface area contributed by atoms with E-state index in [-0.39, 0.29) is 0 Å². The van der Waals surface area contributed by atoms with E-state index in [9.17, 15) is 0 Å². The first kappa shape index (κ1) is 16.0. The van der Waals surface area contributed by atoms with Crippen molar-refractivity contribution in [2.24, 2.45) is 0 Å².